The Labute approximate surface area is 277 Å². The van der Waals surface area contributed by atoms with Gasteiger partial charge >= 0.3 is 6.09 Å². The summed E-state index contributed by atoms with van der Waals surface area (Å²) in [5.41, 5.74) is 6.89. The number of benzene rings is 2. The zero-order valence-electron chi connectivity index (χ0n) is 26.3. The molecule has 248 valence electrons. The summed E-state index contributed by atoms with van der Waals surface area (Å²) in [5, 5.41) is 9.20. The second-order valence-corrected chi connectivity index (χ2v) is 13.0. The highest BCUT2D eigenvalue weighted by Crippen LogP contribution is 2.37. The van der Waals surface area contributed by atoms with Gasteiger partial charge < -0.3 is 31.4 Å². The van der Waals surface area contributed by atoms with E-state index < -0.39 is 47.4 Å². The van der Waals surface area contributed by atoms with Crippen molar-refractivity contribution in [2.24, 2.45) is 17.6 Å². The molecule has 0 fully saturated rings. The van der Waals surface area contributed by atoms with E-state index in [0.29, 0.717) is 41.3 Å². The maximum absolute atomic E-state index is 14.5. The van der Waals surface area contributed by atoms with Crippen molar-refractivity contribution in [3.63, 3.8) is 0 Å². The molecule has 0 bridgehead atoms. The molecular formula is C33H40ClF2N5O4S. The Morgan fingerprint density at radius 3 is 2.33 bits per heavy atom. The topological polar surface area (TPSA) is 138 Å². The molecule has 4 rings (SSSR count). The van der Waals surface area contributed by atoms with Crippen molar-refractivity contribution in [2.75, 3.05) is 0 Å². The fourth-order valence-electron chi connectivity index (χ4n) is 5.74. The van der Waals surface area contributed by atoms with Crippen LogP contribution in [0.3, 0.4) is 0 Å². The van der Waals surface area contributed by atoms with Crippen LogP contribution in [0.5, 0.6) is 0 Å². The van der Waals surface area contributed by atoms with E-state index in [1.165, 1.54) is 36.4 Å². The van der Waals surface area contributed by atoms with Gasteiger partial charge in [-0.15, -0.1) is 0 Å². The molecule has 1 heterocycles. The highest BCUT2D eigenvalue weighted by molar-refractivity contribution is 7.80. The third-order valence-corrected chi connectivity index (χ3v) is 9.34. The fraction of sp³-hybridized carbons (Fsp3) is 0.455. The first-order valence-electron chi connectivity index (χ1n) is 15.4. The molecular weight excluding hydrogens is 636 g/mol. The average Bonchev–Trinajstić information content (AvgIpc) is 3.36. The number of carbonyl (C=O) groups excluding carboxylic acids is 3. The summed E-state index contributed by atoms with van der Waals surface area (Å²) < 4.78 is 33.9. The van der Waals surface area contributed by atoms with Gasteiger partial charge in [0.1, 0.15) is 17.7 Å². The van der Waals surface area contributed by atoms with E-state index in [-0.39, 0.29) is 41.1 Å². The summed E-state index contributed by atoms with van der Waals surface area (Å²) in [6.07, 6.45) is 0.840. The number of amides is 3. The number of nitrogens with two attached hydrogens (primary N) is 1. The van der Waals surface area contributed by atoms with E-state index in [9.17, 15) is 23.2 Å². The largest absolute Gasteiger partial charge is 0.423 e. The number of thiocarbonyl (C=S) groups is 1. The number of aryl methyl sites for hydroxylation is 1. The van der Waals surface area contributed by atoms with Gasteiger partial charge in [-0.1, -0.05) is 76.5 Å². The van der Waals surface area contributed by atoms with Crippen LogP contribution >= 0.6 is 23.8 Å². The summed E-state index contributed by atoms with van der Waals surface area (Å²) in [7, 11) is 0. The molecule has 5 atom stereocenters. The number of H-pyrrole nitrogens is 1. The third-order valence-electron chi connectivity index (χ3n) is 8.78. The number of aromatic nitrogens is 1. The molecule has 2 unspecified atom stereocenters. The fourth-order valence-corrected chi connectivity index (χ4v) is 6.29. The quantitative estimate of drug-likeness (QED) is 0.125. The number of nitrogens with one attached hydrogen (secondary N) is 4. The molecule has 0 spiro atoms. The van der Waals surface area contributed by atoms with Gasteiger partial charge in [0.05, 0.1) is 28.0 Å². The monoisotopic (exact) mass is 675 g/mol. The molecule has 46 heavy (non-hydrogen) atoms. The van der Waals surface area contributed by atoms with Crippen molar-refractivity contribution < 1.29 is 27.9 Å². The lowest BCUT2D eigenvalue weighted by molar-refractivity contribution is -0.136. The van der Waals surface area contributed by atoms with Crippen molar-refractivity contribution in [3.8, 4) is 0 Å². The standard InChI is InChI=1S/C33H40ClF2N5O4S/c1-5-17(3)27(30(37)46)40-32(44)45-33(12-11-25-23(16-33)22-14-21(36)15-24(34)29(22)38-25)41-31(43)28(18(4)6-2)39-26(42)13-19-7-9-20(35)10-8-19/h7-10,14-15,17-18,27-28,38H,5-6,11-13,16H2,1-4H3,(H2,37,46)(H,39,42)(H,40,44)(H,41,43)/t17-,18?,27?,28-,33+/m0/s1. The Bertz CT molecular complexity index is 1620. The molecule has 0 radical (unpaired) electrons. The van der Waals surface area contributed by atoms with E-state index in [2.05, 4.69) is 20.9 Å². The van der Waals surface area contributed by atoms with Crippen LogP contribution in [-0.2, 0) is 33.6 Å². The minimum absolute atomic E-state index is 0.000896. The summed E-state index contributed by atoms with van der Waals surface area (Å²) in [4.78, 5) is 43.8. The van der Waals surface area contributed by atoms with Crippen molar-refractivity contribution in [1.29, 1.82) is 0 Å². The van der Waals surface area contributed by atoms with Crippen LogP contribution in [0.15, 0.2) is 36.4 Å². The number of hydrogen-bond donors (Lipinski definition) is 5. The summed E-state index contributed by atoms with van der Waals surface area (Å²) >= 11 is 11.5. The molecule has 1 aliphatic carbocycles. The van der Waals surface area contributed by atoms with Gasteiger partial charge in [-0.25, -0.2) is 13.6 Å². The molecule has 0 aliphatic heterocycles. The second-order valence-electron chi connectivity index (χ2n) is 12.1. The molecule has 2 aromatic carbocycles. The number of rotatable bonds is 12. The number of aromatic amines is 1. The minimum Gasteiger partial charge on any atom is -0.423 e. The van der Waals surface area contributed by atoms with Crippen molar-refractivity contribution in [2.45, 2.75) is 84.0 Å². The molecule has 9 nitrogen and oxygen atoms in total. The molecule has 1 aromatic heterocycles. The predicted octanol–water partition coefficient (Wildman–Crippen LogP) is 5.60. The van der Waals surface area contributed by atoms with E-state index >= 15 is 0 Å². The van der Waals surface area contributed by atoms with E-state index in [0.717, 1.165) is 5.69 Å². The van der Waals surface area contributed by atoms with Crippen molar-refractivity contribution in [3.05, 3.63) is 69.9 Å². The molecule has 13 heteroatoms. The number of fused-ring (bicyclic) bond motifs is 3. The minimum atomic E-state index is -1.58. The van der Waals surface area contributed by atoms with E-state index in [4.69, 9.17) is 34.3 Å². The summed E-state index contributed by atoms with van der Waals surface area (Å²) in [6.45, 7) is 7.54. The number of ether oxygens (including phenoxy) is 1. The lowest BCUT2D eigenvalue weighted by atomic mass is 9.87. The Morgan fingerprint density at radius 2 is 1.70 bits per heavy atom. The lowest BCUT2D eigenvalue weighted by Crippen LogP contribution is -2.62. The highest BCUT2D eigenvalue weighted by atomic mass is 35.5. The molecule has 0 saturated carbocycles. The first-order chi connectivity index (χ1) is 21.8. The third kappa shape index (κ3) is 8.14. The van der Waals surface area contributed by atoms with Crippen LogP contribution in [-0.4, -0.2) is 45.7 Å². The summed E-state index contributed by atoms with van der Waals surface area (Å²) in [5.74, 6) is -2.33. The normalized spacial score (nSPS) is 18.5. The number of halogens is 3. The SMILES string of the molecule is CCC(C)[C@H](NC(=O)Cc1ccc(F)cc1)C(=O)N[C@@]1(OC(=O)NC(C(N)=S)[C@@H](C)CC)CCc2[nH]c3c(Cl)cc(F)cc3c2C1. The highest BCUT2D eigenvalue weighted by Gasteiger charge is 2.44. The number of carbonyl (C=O) groups is 3. The predicted molar refractivity (Wildman–Crippen MR) is 177 cm³/mol. The first kappa shape index (κ1) is 35.1. The Kier molecular flexibility index (Phi) is 11.3. The summed E-state index contributed by atoms with van der Waals surface area (Å²) in [6, 6.07) is 6.45. The zero-order chi connectivity index (χ0) is 33.8. The lowest BCUT2D eigenvalue weighted by Gasteiger charge is -2.39. The maximum Gasteiger partial charge on any atom is 0.409 e. The van der Waals surface area contributed by atoms with Crippen LogP contribution in [0.2, 0.25) is 5.02 Å². The van der Waals surface area contributed by atoms with Gasteiger partial charge in [-0.3, -0.25) is 9.59 Å². The molecule has 3 aromatic rings. The van der Waals surface area contributed by atoms with Crippen molar-refractivity contribution >= 4 is 57.6 Å². The van der Waals surface area contributed by atoms with E-state index in [1.807, 2.05) is 27.7 Å². The smallest absolute Gasteiger partial charge is 0.409 e. The van der Waals surface area contributed by atoms with Crippen LogP contribution in [0.4, 0.5) is 13.6 Å². The van der Waals surface area contributed by atoms with Crippen LogP contribution in [0, 0.1) is 23.5 Å². The molecule has 0 saturated heterocycles. The van der Waals surface area contributed by atoms with Gasteiger partial charge in [0.2, 0.25) is 11.8 Å². The maximum atomic E-state index is 14.5. The van der Waals surface area contributed by atoms with Crippen LogP contribution in [0.25, 0.3) is 10.9 Å². The van der Waals surface area contributed by atoms with Crippen LogP contribution in [0.1, 0.15) is 63.8 Å². The van der Waals surface area contributed by atoms with Gasteiger partial charge in [0, 0.05) is 23.9 Å². The van der Waals surface area contributed by atoms with Gasteiger partial charge in [-0.2, -0.15) is 0 Å². The first-order valence-corrected chi connectivity index (χ1v) is 16.2. The molecule has 1 aliphatic rings. The number of alkyl carbamates (subject to hydrolysis) is 1. The van der Waals surface area contributed by atoms with Gasteiger partial charge in [0.25, 0.3) is 0 Å². The Morgan fingerprint density at radius 1 is 1.04 bits per heavy atom. The Balaban J connectivity index is 1.65. The van der Waals surface area contributed by atoms with E-state index in [1.54, 1.807) is 0 Å². The van der Waals surface area contributed by atoms with Crippen molar-refractivity contribution in [1.82, 2.24) is 20.9 Å². The number of hydrogen-bond acceptors (Lipinski definition) is 5. The van der Waals surface area contributed by atoms with Gasteiger partial charge in [0.15, 0.2) is 5.72 Å². The van der Waals surface area contributed by atoms with Crippen LogP contribution < -0.4 is 21.7 Å². The second kappa shape index (κ2) is 14.8. The average molecular weight is 676 g/mol. The Hall–Kier alpha value is -3.77. The van der Waals surface area contributed by atoms with Gasteiger partial charge in [-0.05, 0) is 53.6 Å². The molecule has 3 amide bonds. The molecule has 6 N–H and O–H groups in total. The zero-order valence-corrected chi connectivity index (χ0v) is 27.8.